The summed E-state index contributed by atoms with van der Waals surface area (Å²) < 4.78 is 4.79. The predicted molar refractivity (Wildman–Crippen MR) is 87.3 cm³/mol. The summed E-state index contributed by atoms with van der Waals surface area (Å²) in [5.74, 6) is 0.612. The molecule has 5 nitrogen and oxygen atoms in total. The molecule has 2 N–H and O–H groups in total. The minimum absolute atomic E-state index is 0.0260. The van der Waals surface area contributed by atoms with E-state index in [0.29, 0.717) is 21.7 Å². The third-order valence-electron chi connectivity index (χ3n) is 2.89. The standard InChI is InChI=1S/C14H21Cl2N3O2/c1-5-6-17-12-9(15)7-10(16)13(19-12)18-11(8(2)3)14(20)21-4/h7-8,11H,5-6H2,1-4H3,(H2,17,18,19). The summed E-state index contributed by atoms with van der Waals surface area (Å²) in [7, 11) is 1.35. The minimum Gasteiger partial charge on any atom is -0.467 e. The van der Waals surface area contributed by atoms with Crippen LogP contribution >= 0.6 is 23.2 Å². The summed E-state index contributed by atoms with van der Waals surface area (Å²) >= 11 is 12.2. The van der Waals surface area contributed by atoms with Crippen LogP contribution in [-0.4, -0.2) is 30.6 Å². The van der Waals surface area contributed by atoms with E-state index in [1.165, 1.54) is 7.11 Å². The first-order valence-electron chi connectivity index (χ1n) is 6.85. The van der Waals surface area contributed by atoms with Gasteiger partial charge in [0.2, 0.25) is 0 Å². The van der Waals surface area contributed by atoms with Crippen molar-refractivity contribution in [2.75, 3.05) is 24.3 Å². The molecule has 7 heteroatoms. The molecule has 1 atom stereocenters. The van der Waals surface area contributed by atoms with Gasteiger partial charge in [-0.3, -0.25) is 0 Å². The number of carbonyl (C=O) groups is 1. The molecule has 1 unspecified atom stereocenters. The fraction of sp³-hybridized carbons (Fsp3) is 0.571. The third-order valence-corrected chi connectivity index (χ3v) is 3.46. The zero-order valence-electron chi connectivity index (χ0n) is 12.7. The summed E-state index contributed by atoms with van der Waals surface area (Å²) in [6.07, 6.45) is 0.945. The Morgan fingerprint density at radius 1 is 1.33 bits per heavy atom. The van der Waals surface area contributed by atoms with Gasteiger partial charge in [0, 0.05) is 6.54 Å². The first-order chi connectivity index (χ1) is 9.90. The fourth-order valence-electron chi connectivity index (χ4n) is 1.71. The predicted octanol–water partition coefficient (Wildman–Crippen LogP) is 3.82. The van der Waals surface area contributed by atoms with E-state index in [4.69, 9.17) is 27.9 Å². The van der Waals surface area contributed by atoms with Gasteiger partial charge in [-0.05, 0) is 18.4 Å². The molecule has 0 radical (unpaired) electrons. The molecule has 1 aromatic heterocycles. The topological polar surface area (TPSA) is 63.2 Å². The Hall–Kier alpha value is -1.20. The molecule has 1 rings (SSSR count). The van der Waals surface area contributed by atoms with E-state index in [1.807, 2.05) is 20.8 Å². The van der Waals surface area contributed by atoms with Crippen molar-refractivity contribution >= 4 is 40.8 Å². The second kappa shape index (κ2) is 8.29. The molecule has 0 aromatic carbocycles. The first-order valence-corrected chi connectivity index (χ1v) is 7.60. The molecule has 0 aliphatic rings. The van der Waals surface area contributed by atoms with Crippen LogP contribution in [0.3, 0.4) is 0 Å². The summed E-state index contributed by atoms with van der Waals surface area (Å²) in [6.45, 7) is 6.61. The molecule has 1 heterocycles. The lowest BCUT2D eigenvalue weighted by atomic mass is 10.0. The zero-order chi connectivity index (χ0) is 16.0. The average Bonchev–Trinajstić information content (AvgIpc) is 2.44. The second-order valence-corrected chi connectivity index (χ2v) is 5.78. The number of nitrogens with one attached hydrogen (secondary N) is 2. The van der Waals surface area contributed by atoms with Crippen LogP contribution in [0.5, 0.6) is 0 Å². The van der Waals surface area contributed by atoms with E-state index in [0.717, 1.165) is 13.0 Å². The SMILES string of the molecule is CCCNc1nc(NC(C(=O)OC)C(C)C)c(Cl)cc1Cl. The van der Waals surface area contributed by atoms with Gasteiger partial charge in [-0.25, -0.2) is 9.78 Å². The van der Waals surface area contributed by atoms with E-state index in [9.17, 15) is 4.79 Å². The van der Waals surface area contributed by atoms with E-state index < -0.39 is 6.04 Å². The van der Waals surface area contributed by atoms with Crippen LogP contribution in [-0.2, 0) is 9.53 Å². The summed E-state index contributed by atoms with van der Waals surface area (Å²) in [6, 6.07) is 1.07. The highest BCUT2D eigenvalue weighted by Crippen LogP contribution is 2.30. The normalized spacial score (nSPS) is 12.1. The molecule has 0 saturated heterocycles. The highest BCUT2D eigenvalue weighted by molar-refractivity contribution is 6.37. The van der Waals surface area contributed by atoms with Crippen molar-refractivity contribution in [1.82, 2.24) is 4.98 Å². The number of rotatable bonds is 7. The van der Waals surface area contributed by atoms with E-state index >= 15 is 0 Å². The van der Waals surface area contributed by atoms with Gasteiger partial charge in [0.15, 0.2) is 0 Å². The lowest BCUT2D eigenvalue weighted by molar-refractivity contribution is -0.142. The van der Waals surface area contributed by atoms with Crippen LogP contribution in [0.25, 0.3) is 0 Å². The van der Waals surface area contributed by atoms with Crippen LogP contribution in [0.2, 0.25) is 10.0 Å². The van der Waals surface area contributed by atoms with Crippen molar-refractivity contribution < 1.29 is 9.53 Å². The minimum atomic E-state index is -0.528. The molecule has 0 saturated carbocycles. The van der Waals surface area contributed by atoms with E-state index in [1.54, 1.807) is 6.07 Å². The lowest BCUT2D eigenvalue weighted by Crippen LogP contribution is -2.36. The number of hydrogen-bond donors (Lipinski definition) is 2. The van der Waals surface area contributed by atoms with E-state index in [-0.39, 0.29) is 11.9 Å². The number of ether oxygens (including phenoxy) is 1. The van der Waals surface area contributed by atoms with Crippen molar-refractivity contribution in [1.29, 1.82) is 0 Å². The monoisotopic (exact) mass is 333 g/mol. The van der Waals surface area contributed by atoms with Gasteiger partial charge >= 0.3 is 5.97 Å². The van der Waals surface area contributed by atoms with Crippen molar-refractivity contribution in [3.63, 3.8) is 0 Å². The van der Waals surface area contributed by atoms with Gasteiger partial charge in [-0.1, -0.05) is 44.0 Å². The molecular formula is C14H21Cl2N3O2. The number of methoxy groups -OCH3 is 1. The molecule has 0 aliphatic carbocycles. The Kier molecular flexibility index (Phi) is 7.05. The number of carbonyl (C=O) groups excluding carboxylic acids is 1. The van der Waals surface area contributed by atoms with Crippen LogP contribution in [0.15, 0.2) is 6.07 Å². The maximum absolute atomic E-state index is 11.8. The maximum Gasteiger partial charge on any atom is 0.328 e. The number of pyridine rings is 1. The Morgan fingerprint density at radius 3 is 2.48 bits per heavy atom. The number of aromatic nitrogens is 1. The molecule has 1 aromatic rings. The number of hydrogen-bond acceptors (Lipinski definition) is 5. The Bertz CT molecular complexity index is 495. The maximum atomic E-state index is 11.8. The summed E-state index contributed by atoms with van der Waals surface area (Å²) in [4.78, 5) is 16.2. The molecule has 21 heavy (non-hydrogen) atoms. The highest BCUT2D eigenvalue weighted by atomic mass is 35.5. The number of esters is 1. The Morgan fingerprint density at radius 2 is 1.95 bits per heavy atom. The summed E-state index contributed by atoms with van der Waals surface area (Å²) in [5, 5.41) is 6.94. The van der Waals surface area contributed by atoms with E-state index in [2.05, 4.69) is 15.6 Å². The smallest absolute Gasteiger partial charge is 0.328 e. The van der Waals surface area contributed by atoms with Crippen LogP contribution in [0.1, 0.15) is 27.2 Å². The summed E-state index contributed by atoms with van der Waals surface area (Å²) in [5.41, 5.74) is 0. The van der Waals surface area contributed by atoms with Gasteiger partial charge in [0.05, 0.1) is 17.2 Å². The van der Waals surface area contributed by atoms with Crippen molar-refractivity contribution in [2.24, 2.45) is 5.92 Å². The van der Waals surface area contributed by atoms with Crippen LogP contribution in [0.4, 0.5) is 11.6 Å². The highest BCUT2D eigenvalue weighted by Gasteiger charge is 2.24. The van der Waals surface area contributed by atoms with Gasteiger partial charge in [-0.2, -0.15) is 0 Å². The molecule has 0 bridgehead atoms. The molecule has 0 aliphatic heterocycles. The van der Waals surface area contributed by atoms with Crippen molar-refractivity contribution in [3.8, 4) is 0 Å². The quantitative estimate of drug-likeness (QED) is 0.742. The molecule has 0 amide bonds. The molecule has 0 spiro atoms. The Labute approximate surface area is 135 Å². The molecule has 118 valence electrons. The van der Waals surface area contributed by atoms with Gasteiger partial charge in [0.1, 0.15) is 17.7 Å². The van der Waals surface area contributed by atoms with Gasteiger partial charge < -0.3 is 15.4 Å². The Balaban J connectivity index is 3.02. The van der Waals surface area contributed by atoms with Gasteiger partial charge in [0.25, 0.3) is 0 Å². The van der Waals surface area contributed by atoms with Crippen LogP contribution < -0.4 is 10.6 Å². The van der Waals surface area contributed by atoms with Crippen molar-refractivity contribution in [2.45, 2.75) is 33.2 Å². The number of halogens is 2. The van der Waals surface area contributed by atoms with Gasteiger partial charge in [-0.15, -0.1) is 0 Å². The first kappa shape index (κ1) is 17.9. The van der Waals surface area contributed by atoms with Crippen molar-refractivity contribution in [3.05, 3.63) is 16.1 Å². The number of nitrogens with zero attached hydrogens (tertiary/aromatic N) is 1. The van der Waals surface area contributed by atoms with Crippen LogP contribution in [0, 0.1) is 5.92 Å². The third kappa shape index (κ3) is 4.93. The second-order valence-electron chi connectivity index (χ2n) is 4.97. The average molecular weight is 334 g/mol. The zero-order valence-corrected chi connectivity index (χ0v) is 14.2. The fourth-order valence-corrected chi connectivity index (χ4v) is 2.19. The molecular weight excluding hydrogens is 313 g/mol. The lowest BCUT2D eigenvalue weighted by Gasteiger charge is -2.21. The number of anilines is 2. The largest absolute Gasteiger partial charge is 0.467 e. The molecule has 0 fully saturated rings.